The summed E-state index contributed by atoms with van der Waals surface area (Å²) in [7, 11) is 0. The van der Waals surface area contributed by atoms with E-state index in [0.717, 1.165) is 0 Å². The summed E-state index contributed by atoms with van der Waals surface area (Å²) in [5.74, 6) is -1.02. The van der Waals surface area contributed by atoms with E-state index in [-0.39, 0.29) is 23.5 Å². The number of nitrogens with zero attached hydrogens (tertiary/aromatic N) is 4. The van der Waals surface area contributed by atoms with Crippen LogP contribution in [-0.2, 0) is 14.2 Å². The van der Waals surface area contributed by atoms with E-state index < -0.39 is 30.4 Å². The lowest BCUT2D eigenvalue weighted by Gasteiger charge is -2.19. The van der Waals surface area contributed by atoms with Crippen LogP contribution < -0.4 is 0 Å². The molecule has 2 aromatic heterocycles. The third kappa shape index (κ3) is 4.97. The van der Waals surface area contributed by atoms with Gasteiger partial charge in [-0.05, 0) is 35.9 Å². The Bertz CT molecular complexity index is 1370. The predicted octanol–water partition coefficient (Wildman–Crippen LogP) is 4.50. The maximum Gasteiger partial charge on any atom is 0.338 e. The number of benzene rings is 2. The summed E-state index contributed by atoms with van der Waals surface area (Å²) in [5.41, 5.74) is 1.53. The van der Waals surface area contributed by atoms with Gasteiger partial charge >= 0.3 is 11.9 Å². The first-order valence-corrected chi connectivity index (χ1v) is 11.4. The standard InChI is InChI=1S/C24H18Cl2N4O5/c25-20-19-21(29-24(26)28-20)30(13-27-19)18-11-16(35-23(32)15-9-5-2-6-10-15)17(34-18)12-33-22(31)14-7-3-1-4-8-14/h1-10,13,16-18H,11-12H2/t16-,17+,18-/m0/s1. The van der Waals surface area contributed by atoms with Gasteiger partial charge in [-0.15, -0.1) is 0 Å². The summed E-state index contributed by atoms with van der Waals surface area (Å²) in [4.78, 5) is 37.6. The monoisotopic (exact) mass is 512 g/mol. The lowest BCUT2D eigenvalue weighted by molar-refractivity contribution is -0.0563. The van der Waals surface area contributed by atoms with E-state index in [0.29, 0.717) is 22.3 Å². The van der Waals surface area contributed by atoms with Gasteiger partial charge in [-0.2, -0.15) is 4.98 Å². The molecule has 1 aliphatic rings. The number of rotatable bonds is 6. The number of ether oxygens (including phenoxy) is 3. The van der Waals surface area contributed by atoms with Crippen LogP contribution in [0.4, 0.5) is 0 Å². The molecule has 0 radical (unpaired) electrons. The zero-order valence-corrected chi connectivity index (χ0v) is 19.6. The zero-order chi connectivity index (χ0) is 24.4. The quantitative estimate of drug-likeness (QED) is 0.211. The van der Waals surface area contributed by atoms with Gasteiger partial charge in [-0.3, -0.25) is 4.57 Å². The molecule has 0 N–H and O–H groups in total. The number of halogens is 2. The number of esters is 2. The van der Waals surface area contributed by atoms with Crippen molar-refractivity contribution in [2.75, 3.05) is 6.61 Å². The molecule has 1 saturated heterocycles. The number of hydrogen-bond acceptors (Lipinski definition) is 8. The van der Waals surface area contributed by atoms with Crippen molar-refractivity contribution in [3.05, 3.63) is 88.6 Å². The summed E-state index contributed by atoms with van der Waals surface area (Å²) in [6, 6.07) is 17.2. The number of hydrogen-bond donors (Lipinski definition) is 0. The van der Waals surface area contributed by atoms with Crippen LogP contribution in [0.2, 0.25) is 10.4 Å². The topological polar surface area (TPSA) is 105 Å². The first kappa shape index (κ1) is 23.2. The lowest BCUT2D eigenvalue weighted by Crippen LogP contribution is -2.32. The van der Waals surface area contributed by atoms with Crippen molar-refractivity contribution in [2.24, 2.45) is 0 Å². The Morgan fingerprint density at radius 2 is 1.63 bits per heavy atom. The second kappa shape index (κ2) is 9.99. The molecule has 0 unspecified atom stereocenters. The van der Waals surface area contributed by atoms with Crippen molar-refractivity contribution in [1.82, 2.24) is 19.5 Å². The van der Waals surface area contributed by atoms with Crippen LogP contribution >= 0.6 is 23.2 Å². The first-order valence-electron chi connectivity index (χ1n) is 10.7. The number of imidazole rings is 1. The third-order valence-corrected chi connectivity index (χ3v) is 5.93. The zero-order valence-electron chi connectivity index (χ0n) is 18.1. The molecule has 4 aromatic rings. The second-order valence-corrected chi connectivity index (χ2v) is 8.44. The minimum absolute atomic E-state index is 0.0392. The molecule has 9 nitrogen and oxygen atoms in total. The molecule has 3 heterocycles. The Kier molecular flexibility index (Phi) is 6.63. The van der Waals surface area contributed by atoms with E-state index in [4.69, 9.17) is 37.4 Å². The van der Waals surface area contributed by atoms with Crippen LogP contribution in [0.5, 0.6) is 0 Å². The van der Waals surface area contributed by atoms with Crippen LogP contribution in [0.25, 0.3) is 11.2 Å². The molecule has 11 heteroatoms. The van der Waals surface area contributed by atoms with Crippen LogP contribution in [-0.4, -0.2) is 50.3 Å². The van der Waals surface area contributed by atoms with Crippen LogP contribution in [0.15, 0.2) is 67.0 Å². The molecule has 5 rings (SSSR count). The molecule has 1 fully saturated rings. The van der Waals surface area contributed by atoms with Crippen molar-refractivity contribution < 1.29 is 23.8 Å². The van der Waals surface area contributed by atoms with Gasteiger partial charge in [-0.25, -0.2) is 19.6 Å². The van der Waals surface area contributed by atoms with Gasteiger partial charge in [0.15, 0.2) is 10.8 Å². The van der Waals surface area contributed by atoms with Gasteiger partial charge in [0.05, 0.1) is 17.5 Å². The van der Waals surface area contributed by atoms with Gasteiger partial charge in [0.25, 0.3) is 0 Å². The maximum atomic E-state index is 12.7. The number of aromatic nitrogens is 4. The Morgan fingerprint density at radius 1 is 0.971 bits per heavy atom. The minimum Gasteiger partial charge on any atom is -0.459 e. The molecular weight excluding hydrogens is 495 g/mol. The van der Waals surface area contributed by atoms with Gasteiger partial charge in [0.2, 0.25) is 5.28 Å². The van der Waals surface area contributed by atoms with Gasteiger partial charge in [0, 0.05) is 6.42 Å². The van der Waals surface area contributed by atoms with Gasteiger partial charge in [0.1, 0.15) is 30.6 Å². The molecule has 0 bridgehead atoms. The normalized spacial score (nSPS) is 19.5. The molecular formula is C24H18Cl2N4O5. The van der Waals surface area contributed by atoms with E-state index in [1.54, 1.807) is 65.2 Å². The first-order chi connectivity index (χ1) is 17.0. The van der Waals surface area contributed by atoms with E-state index in [1.165, 1.54) is 6.33 Å². The molecule has 0 aliphatic carbocycles. The molecule has 0 spiro atoms. The van der Waals surface area contributed by atoms with Crippen LogP contribution in [0, 0.1) is 0 Å². The average molecular weight is 513 g/mol. The summed E-state index contributed by atoms with van der Waals surface area (Å²) in [5, 5.41) is 0.0692. The highest BCUT2D eigenvalue weighted by Crippen LogP contribution is 2.34. The fraction of sp³-hybridized carbons (Fsp3) is 0.208. The Hall–Kier alpha value is -3.53. The fourth-order valence-corrected chi connectivity index (χ4v) is 4.23. The number of fused-ring (bicyclic) bond motifs is 1. The summed E-state index contributed by atoms with van der Waals surface area (Å²) in [6.07, 6.45) is -0.305. The Morgan fingerprint density at radius 3 is 2.31 bits per heavy atom. The minimum atomic E-state index is -0.731. The van der Waals surface area contributed by atoms with Crippen LogP contribution in [0.3, 0.4) is 0 Å². The van der Waals surface area contributed by atoms with E-state index in [2.05, 4.69) is 15.0 Å². The summed E-state index contributed by atoms with van der Waals surface area (Å²) >= 11 is 12.1. The summed E-state index contributed by atoms with van der Waals surface area (Å²) < 4.78 is 19.0. The number of carbonyl (C=O) groups excluding carboxylic acids is 2. The smallest absolute Gasteiger partial charge is 0.338 e. The van der Waals surface area contributed by atoms with Crippen molar-refractivity contribution in [3.8, 4) is 0 Å². The highest BCUT2D eigenvalue weighted by Gasteiger charge is 2.40. The SMILES string of the molecule is O=C(OC[C@H]1O[C@H](n2cnc3c(Cl)nc(Cl)nc32)C[C@@H]1OC(=O)c1ccccc1)c1ccccc1. The molecule has 3 atom stereocenters. The molecule has 0 saturated carbocycles. The van der Waals surface area contributed by atoms with E-state index >= 15 is 0 Å². The highest BCUT2D eigenvalue weighted by atomic mass is 35.5. The number of carbonyl (C=O) groups is 2. The molecule has 0 amide bonds. The summed E-state index contributed by atoms with van der Waals surface area (Å²) in [6.45, 7) is -0.125. The fourth-order valence-electron chi connectivity index (χ4n) is 3.81. The van der Waals surface area contributed by atoms with Crippen molar-refractivity contribution >= 4 is 46.3 Å². The molecule has 2 aromatic carbocycles. The second-order valence-electron chi connectivity index (χ2n) is 7.75. The largest absolute Gasteiger partial charge is 0.459 e. The lowest BCUT2D eigenvalue weighted by atomic mass is 10.1. The molecule has 35 heavy (non-hydrogen) atoms. The highest BCUT2D eigenvalue weighted by molar-refractivity contribution is 6.35. The third-order valence-electron chi connectivity index (χ3n) is 5.50. The Labute approximate surface area is 209 Å². The Balaban J connectivity index is 1.38. The maximum absolute atomic E-state index is 12.7. The van der Waals surface area contributed by atoms with E-state index in [9.17, 15) is 9.59 Å². The van der Waals surface area contributed by atoms with Crippen molar-refractivity contribution in [1.29, 1.82) is 0 Å². The molecule has 1 aliphatic heterocycles. The predicted molar refractivity (Wildman–Crippen MR) is 126 cm³/mol. The average Bonchev–Trinajstić information content (AvgIpc) is 3.47. The molecule has 178 valence electrons. The van der Waals surface area contributed by atoms with Gasteiger partial charge < -0.3 is 14.2 Å². The van der Waals surface area contributed by atoms with Gasteiger partial charge in [-0.1, -0.05) is 48.0 Å². The van der Waals surface area contributed by atoms with Crippen molar-refractivity contribution in [3.63, 3.8) is 0 Å². The van der Waals surface area contributed by atoms with Crippen molar-refractivity contribution in [2.45, 2.75) is 24.9 Å². The van der Waals surface area contributed by atoms with Crippen LogP contribution in [0.1, 0.15) is 33.4 Å². The van der Waals surface area contributed by atoms with E-state index in [1.807, 2.05) is 0 Å².